The second kappa shape index (κ2) is 5.81. The lowest BCUT2D eigenvalue weighted by atomic mass is 10.1. The molecule has 1 unspecified atom stereocenters. The first-order chi connectivity index (χ1) is 9.86. The molecule has 0 aliphatic rings. The Morgan fingerprint density at radius 3 is 2.57 bits per heavy atom. The van der Waals surface area contributed by atoms with Crippen LogP contribution in [0, 0.1) is 0 Å². The highest BCUT2D eigenvalue weighted by Gasteiger charge is 2.31. The minimum Gasteiger partial charge on any atom is -0.439 e. The molecule has 0 aliphatic carbocycles. The number of ether oxygens (including phenoxy) is 1. The Bertz CT molecular complexity index is 613. The van der Waals surface area contributed by atoms with Crippen molar-refractivity contribution >= 4 is 6.09 Å². The quantitative estimate of drug-likeness (QED) is 0.937. The molecule has 0 radical (unpaired) electrons. The smallest absolute Gasteiger partial charge is 0.416 e. The van der Waals surface area contributed by atoms with Gasteiger partial charge in [-0.25, -0.2) is 4.79 Å². The maximum atomic E-state index is 12.7. The van der Waals surface area contributed by atoms with Crippen LogP contribution in [-0.2, 0) is 17.5 Å². The number of halogens is 3. The number of carbonyl (C=O) groups excluding carboxylic acids is 1. The predicted molar refractivity (Wildman–Crippen MR) is 64.9 cm³/mol. The number of primary amides is 1. The molecule has 1 aromatic heterocycles. The number of nitrogens with zero attached hydrogens (tertiary/aromatic N) is 3. The van der Waals surface area contributed by atoms with Gasteiger partial charge in [-0.3, -0.25) is 0 Å². The van der Waals surface area contributed by atoms with E-state index >= 15 is 0 Å². The standard InChI is InChI=1S/C12H11F3N4O2/c13-12(14,15)9-3-1-2-8(6-9)10(21-11(16)20)7-19-17-4-5-18-19/h1-6,10H,7H2,(H2,16,20). The zero-order valence-corrected chi connectivity index (χ0v) is 10.6. The molecule has 6 nitrogen and oxygen atoms in total. The van der Waals surface area contributed by atoms with Gasteiger partial charge in [0.1, 0.15) is 12.6 Å². The van der Waals surface area contributed by atoms with Crippen LogP contribution in [0.25, 0.3) is 0 Å². The number of rotatable bonds is 4. The molecule has 0 bridgehead atoms. The van der Waals surface area contributed by atoms with E-state index in [0.29, 0.717) is 0 Å². The largest absolute Gasteiger partial charge is 0.439 e. The Hall–Kier alpha value is -2.58. The lowest BCUT2D eigenvalue weighted by Crippen LogP contribution is -2.22. The average molecular weight is 300 g/mol. The third-order valence-electron chi connectivity index (χ3n) is 2.64. The fourth-order valence-corrected chi connectivity index (χ4v) is 1.75. The number of alkyl halides is 3. The molecule has 1 atom stereocenters. The van der Waals surface area contributed by atoms with Crippen LogP contribution in [0.5, 0.6) is 0 Å². The number of carbonyl (C=O) groups is 1. The Morgan fingerprint density at radius 2 is 2.00 bits per heavy atom. The predicted octanol–water partition coefficient (Wildman–Crippen LogP) is 2.13. The van der Waals surface area contributed by atoms with E-state index < -0.39 is 23.9 Å². The monoisotopic (exact) mass is 300 g/mol. The summed E-state index contributed by atoms with van der Waals surface area (Å²) in [5.41, 5.74) is 4.26. The number of nitrogens with two attached hydrogens (primary N) is 1. The molecule has 21 heavy (non-hydrogen) atoms. The van der Waals surface area contributed by atoms with Crippen LogP contribution in [-0.4, -0.2) is 21.1 Å². The molecule has 0 saturated heterocycles. The third-order valence-corrected chi connectivity index (χ3v) is 2.64. The van der Waals surface area contributed by atoms with Gasteiger partial charge < -0.3 is 10.5 Å². The summed E-state index contributed by atoms with van der Waals surface area (Å²) in [6, 6.07) is 4.46. The molecule has 1 amide bonds. The highest BCUT2D eigenvalue weighted by Crippen LogP contribution is 2.31. The SMILES string of the molecule is NC(=O)OC(Cn1nccn1)c1cccc(C(F)(F)F)c1. The summed E-state index contributed by atoms with van der Waals surface area (Å²) in [4.78, 5) is 12.1. The number of hydrogen-bond acceptors (Lipinski definition) is 4. The first-order valence-corrected chi connectivity index (χ1v) is 5.83. The van der Waals surface area contributed by atoms with Gasteiger partial charge in [0.05, 0.1) is 18.0 Å². The van der Waals surface area contributed by atoms with Crippen LogP contribution >= 0.6 is 0 Å². The lowest BCUT2D eigenvalue weighted by molar-refractivity contribution is -0.137. The van der Waals surface area contributed by atoms with Gasteiger partial charge >= 0.3 is 12.3 Å². The Labute approximate surface area is 117 Å². The molecule has 1 heterocycles. The molecule has 0 fully saturated rings. The van der Waals surface area contributed by atoms with Crippen LogP contribution < -0.4 is 5.73 Å². The maximum Gasteiger partial charge on any atom is 0.416 e. The van der Waals surface area contributed by atoms with Crippen molar-refractivity contribution in [1.82, 2.24) is 15.0 Å². The molecule has 112 valence electrons. The summed E-state index contributed by atoms with van der Waals surface area (Å²) < 4.78 is 43.0. The zero-order chi connectivity index (χ0) is 15.5. The Balaban J connectivity index is 2.29. The van der Waals surface area contributed by atoms with Crippen molar-refractivity contribution in [1.29, 1.82) is 0 Å². The van der Waals surface area contributed by atoms with Crippen molar-refractivity contribution < 1.29 is 22.7 Å². The van der Waals surface area contributed by atoms with Gasteiger partial charge in [0.15, 0.2) is 0 Å². The molecule has 0 spiro atoms. The third kappa shape index (κ3) is 3.94. The Morgan fingerprint density at radius 1 is 1.33 bits per heavy atom. The van der Waals surface area contributed by atoms with Gasteiger partial charge in [0, 0.05) is 0 Å². The van der Waals surface area contributed by atoms with Crippen LogP contribution in [0.3, 0.4) is 0 Å². The minimum atomic E-state index is -4.49. The molecule has 2 N–H and O–H groups in total. The lowest BCUT2D eigenvalue weighted by Gasteiger charge is -2.17. The van der Waals surface area contributed by atoms with Gasteiger partial charge in [-0.1, -0.05) is 12.1 Å². The first kappa shape index (κ1) is 14.8. The molecular formula is C12H11F3N4O2. The average Bonchev–Trinajstić information content (AvgIpc) is 2.89. The number of aromatic nitrogens is 3. The van der Waals surface area contributed by atoms with E-state index in [9.17, 15) is 18.0 Å². The fourth-order valence-electron chi connectivity index (χ4n) is 1.75. The number of benzene rings is 1. The first-order valence-electron chi connectivity index (χ1n) is 5.83. The van der Waals surface area contributed by atoms with Gasteiger partial charge in [0.25, 0.3) is 0 Å². The molecule has 1 aromatic carbocycles. The van der Waals surface area contributed by atoms with Crippen LogP contribution in [0.1, 0.15) is 17.2 Å². The summed E-state index contributed by atoms with van der Waals surface area (Å²) in [6.07, 6.45) is -3.81. The van der Waals surface area contributed by atoms with Crippen LogP contribution in [0.15, 0.2) is 36.7 Å². The van der Waals surface area contributed by atoms with E-state index in [1.807, 2.05) is 0 Å². The molecule has 2 rings (SSSR count). The van der Waals surface area contributed by atoms with E-state index in [2.05, 4.69) is 10.2 Å². The highest BCUT2D eigenvalue weighted by molar-refractivity contribution is 5.65. The summed E-state index contributed by atoms with van der Waals surface area (Å²) in [7, 11) is 0. The molecule has 0 saturated carbocycles. The highest BCUT2D eigenvalue weighted by atomic mass is 19.4. The van der Waals surface area contributed by atoms with Gasteiger partial charge in [-0.05, 0) is 17.7 Å². The number of hydrogen-bond donors (Lipinski definition) is 1. The maximum absolute atomic E-state index is 12.7. The molecule has 9 heteroatoms. The van der Waals surface area contributed by atoms with Crippen molar-refractivity contribution in [2.45, 2.75) is 18.8 Å². The van der Waals surface area contributed by atoms with E-state index in [1.165, 1.54) is 29.3 Å². The fraction of sp³-hybridized carbons (Fsp3) is 0.250. The van der Waals surface area contributed by atoms with E-state index in [1.54, 1.807) is 0 Å². The van der Waals surface area contributed by atoms with Crippen molar-refractivity contribution in [2.24, 2.45) is 5.73 Å². The topological polar surface area (TPSA) is 83.0 Å². The molecule has 2 aromatic rings. The summed E-state index contributed by atoms with van der Waals surface area (Å²) in [5, 5.41) is 7.62. The van der Waals surface area contributed by atoms with Crippen molar-refractivity contribution in [3.63, 3.8) is 0 Å². The zero-order valence-electron chi connectivity index (χ0n) is 10.6. The van der Waals surface area contributed by atoms with Gasteiger partial charge in [-0.15, -0.1) is 0 Å². The molecular weight excluding hydrogens is 289 g/mol. The summed E-state index contributed by atoms with van der Waals surface area (Å²) >= 11 is 0. The van der Waals surface area contributed by atoms with E-state index in [-0.39, 0.29) is 12.1 Å². The van der Waals surface area contributed by atoms with E-state index in [0.717, 1.165) is 12.1 Å². The summed E-state index contributed by atoms with van der Waals surface area (Å²) in [6.45, 7) is -0.0444. The van der Waals surface area contributed by atoms with Crippen molar-refractivity contribution in [2.75, 3.05) is 0 Å². The normalized spacial score (nSPS) is 12.9. The molecule has 0 aliphatic heterocycles. The van der Waals surface area contributed by atoms with E-state index in [4.69, 9.17) is 10.5 Å². The van der Waals surface area contributed by atoms with Crippen LogP contribution in [0.4, 0.5) is 18.0 Å². The second-order valence-corrected chi connectivity index (χ2v) is 4.13. The van der Waals surface area contributed by atoms with Crippen molar-refractivity contribution in [3.05, 3.63) is 47.8 Å². The number of amides is 1. The summed E-state index contributed by atoms with van der Waals surface area (Å²) in [5.74, 6) is 0. The van der Waals surface area contributed by atoms with Gasteiger partial charge in [-0.2, -0.15) is 28.2 Å². The minimum absolute atomic E-state index is 0.0444. The van der Waals surface area contributed by atoms with Crippen molar-refractivity contribution in [3.8, 4) is 0 Å². The second-order valence-electron chi connectivity index (χ2n) is 4.13. The van der Waals surface area contributed by atoms with Gasteiger partial charge in [0.2, 0.25) is 0 Å². The Kier molecular flexibility index (Phi) is 4.10. The van der Waals surface area contributed by atoms with Crippen LogP contribution in [0.2, 0.25) is 0 Å².